The molecule has 0 bridgehead atoms. The molecule has 0 aliphatic rings. The molecule has 9 heteroatoms. The van der Waals surface area contributed by atoms with Crippen LogP contribution in [0.15, 0.2) is 65.8 Å². The average molecular weight is 440 g/mol. The number of carbonyl (C=O) groups is 2. The summed E-state index contributed by atoms with van der Waals surface area (Å²) in [6, 6.07) is 17.0. The molecule has 170 valence electrons. The molecular weight excluding hydrogens is 410 g/mol. The summed E-state index contributed by atoms with van der Waals surface area (Å²) in [4.78, 5) is 28.3. The molecule has 0 heterocycles. The molecule has 2 amide bonds. The van der Waals surface area contributed by atoms with Crippen molar-refractivity contribution in [1.82, 2.24) is 10.4 Å². The summed E-state index contributed by atoms with van der Waals surface area (Å²) >= 11 is 0. The number of nitrogens with one attached hydrogen (secondary N) is 1. The molecule has 2 aromatic carbocycles. The maximum absolute atomic E-state index is 13.2. The van der Waals surface area contributed by atoms with Crippen molar-refractivity contribution in [2.24, 2.45) is 5.11 Å². The number of rotatable bonds is 8. The van der Waals surface area contributed by atoms with Gasteiger partial charge < -0.3 is 9.84 Å². The molecule has 0 spiro atoms. The lowest BCUT2D eigenvalue weighted by Crippen LogP contribution is -2.52. The first kappa shape index (κ1) is 24.7. The first-order chi connectivity index (χ1) is 15.2. The number of ether oxygens (including phenoxy) is 1. The Bertz CT molecular complexity index is 924. The lowest BCUT2D eigenvalue weighted by atomic mass is 10.0. The van der Waals surface area contributed by atoms with Crippen LogP contribution in [0.1, 0.15) is 38.3 Å². The van der Waals surface area contributed by atoms with Crippen LogP contribution in [0.5, 0.6) is 0 Å². The molecule has 2 atom stereocenters. The van der Waals surface area contributed by atoms with E-state index < -0.39 is 29.7 Å². The van der Waals surface area contributed by atoms with Crippen LogP contribution in [0.25, 0.3) is 10.4 Å². The fraction of sp³-hybridized carbons (Fsp3) is 0.391. The van der Waals surface area contributed by atoms with Gasteiger partial charge >= 0.3 is 6.09 Å². The third kappa shape index (κ3) is 8.29. The largest absolute Gasteiger partial charge is 0.443 e. The molecule has 0 aliphatic carbocycles. The number of azide groups is 1. The minimum absolute atomic E-state index is 0.00176. The molecule has 0 aliphatic heterocycles. The lowest BCUT2D eigenvalue weighted by Gasteiger charge is -2.29. The van der Waals surface area contributed by atoms with Crippen molar-refractivity contribution < 1.29 is 19.4 Å². The molecule has 2 rings (SSSR count). The second-order valence-electron chi connectivity index (χ2n) is 8.27. The quantitative estimate of drug-likeness (QED) is 0.277. The molecule has 0 fully saturated rings. The van der Waals surface area contributed by atoms with E-state index in [2.05, 4.69) is 15.5 Å². The Labute approximate surface area is 187 Å². The van der Waals surface area contributed by atoms with Gasteiger partial charge in [-0.2, -0.15) is 0 Å². The SMILES string of the molecule is CC(C)(C)OC(=O)NN(Cc1ccccc1)C(=O)[C@@H](N=[N+]=[N-])[C@@H](O)CCc1ccccc1. The Balaban J connectivity index is 2.19. The van der Waals surface area contributed by atoms with Gasteiger partial charge in [0.1, 0.15) is 11.6 Å². The van der Waals surface area contributed by atoms with Gasteiger partial charge in [0.25, 0.3) is 5.91 Å². The molecule has 0 unspecified atom stereocenters. The third-order valence-electron chi connectivity index (χ3n) is 4.44. The van der Waals surface area contributed by atoms with Crippen molar-refractivity contribution in [3.8, 4) is 0 Å². The molecule has 32 heavy (non-hydrogen) atoms. The maximum atomic E-state index is 13.2. The van der Waals surface area contributed by atoms with Crippen LogP contribution in [-0.2, 0) is 22.5 Å². The summed E-state index contributed by atoms with van der Waals surface area (Å²) in [5.74, 6) is -0.738. The van der Waals surface area contributed by atoms with Gasteiger partial charge in [-0.25, -0.2) is 15.2 Å². The predicted octanol–water partition coefficient (Wildman–Crippen LogP) is 4.13. The monoisotopic (exact) mass is 439 g/mol. The van der Waals surface area contributed by atoms with Crippen LogP contribution >= 0.6 is 0 Å². The van der Waals surface area contributed by atoms with E-state index in [1.165, 1.54) is 0 Å². The molecule has 0 saturated heterocycles. The number of hydrogen-bond donors (Lipinski definition) is 2. The van der Waals surface area contributed by atoms with Gasteiger partial charge in [0.2, 0.25) is 0 Å². The standard InChI is InChI=1S/C23H29N5O4/c1-23(2,3)32-22(31)26-28(16-18-12-8-5-9-13-18)21(30)20(25-27-24)19(29)15-14-17-10-6-4-7-11-17/h4-13,19-20,29H,14-16H2,1-3H3,(H,26,31)/t19-,20-/m0/s1. The highest BCUT2D eigenvalue weighted by molar-refractivity contribution is 5.84. The number of hydrogen-bond acceptors (Lipinski definition) is 5. The molecule has 9 nitrogen and oxygen atoms in total. The Morgan fingerprint density at radius 2 is 1.66 bits per heavy atom. The van der Waals surface area contributed by atoms with Crippen LogP contribution in [0, 0.1) is 0 Å². The first-order valence-corrected chi connectivity index (χ1v) is 10.3. The van der Waals surface area contributed by atoms with Gasteiger partial charge in [-0.05, 0) is 50.3 Å². The van der Waals surface area contributed by atoms with Gasteiger partial charge in [0.15, 0.2) is 0 Å². The van der Waals surface area contributed by atoms with Gasteiger partial charge in [-0.15, -0.1) is 0 Å². The zero-order valence-electron chi connectivity index (χ0n) is 18.5. The number of aryl methyl sites for hydroxylation is 1. The lowest BCUT2D eigenvalue weighted by molar-refractivity contribution is -0.139. The Kier molecular flexibility index (Phi) is 9.07. The maximum Gasteiger partial charge on any atom is 0.426 e. The zero-order chi connectivity index (χ0) is 23.6. The fourth-order valence-corrected chi connectivity index (χ4v) is 2.97. The van der Waals surface area contributed by atoms with Gasteiger partial charge in [-0.3, -0.25) is 4.79 Å². The van der Waals surface area contributed by atoms with E-state index in [0.717, 1.165) is 16.1 Å². The minimum Gasteiger partial charge on any atom is -0.443 e. The summed E-state index contributed by atoms with van der Waals surface area (Å²) in [5, 5.41) is 15.2. The summed E-state index contributed by atoms with van der Waals surface area (Å²) in [6.45, 7) is 5.10. The van der Waals surface area contributed by atoms with Crippen molar-refractivity contribution in [3.05, 3.63) is 82.2 Å². The van der Waals surface area contributed by atoms with Gasteiger partial charge in [0.05, 0.1) is 12.6 Å². The number of hydrazine groups is 1. The normalized spacial score (nSPS) is 12.8. The number of aliphatic hydroxyl groups is 1. The first-order valence-electron chi connectivity index (χ1n) is 10.3. The van der Waals surface area contributed by atoms with Crippen molar-refractivity contribution in [2.45, 2.75) is 57.9 Å². The zero-order valence-corrected chi connectivity index (χ0v) is 18.5. The number of nitrogens with zero attached hydrogens (tertiary/aromatic N) is 4. The summed E-state index contributed by atoms with van der Waals surface area (Å²) in [7, 11) is 0. The van der Waals surface area contributed by atoms with Crippen LogP contribution in [0.2, 0.25) is 0 Å². The molecule has 2 aromatic rings. The molecule has 0 aromatic heterocycles. The van der Waals surface area contributed by atoms with E-state index in [4.69, 9.17) is 10.3 Å². The number of aliphatic hydroxyl groups excluding tert-OH is 1. The third-order valence-corrected chi connectivity index (χ3v) is 4.44. The van der Waals surface area contributed by atoms with Crippen molar-refractivity contribution in [1.29, 1.82) is 0 Å². The molecular formula is C23H29N5O4. The van der Waals surface area contributed by atoms with Crippen molar-refractivity contribution in [2.75, 3.05) is 0 Å². The Morgan fingerprint density at radius 1 is 1.09 bits per heavy atom. The topological polar surface area (TPSA) is 128 Å². The average Bonchev–Trinajstić information content (AvgIpc) is 2.75. The molecule has 2 N–H and O–H groups in total. The van der Waals surface area contributed by atoms with E-state index >= 15 is 0 Å². The second-order valence-corrected chi connectivity index (χ2v) is 8.27. The molecule has 0 radical (unpaired) electrons. The van der Waals surface area contributed by atoms with E-state index in [1.807, 2.05) is 36.4 Å². The highest BCUT2D eigenvalue weighted by Crippen LogP contribution is 2.15. The van der Waals surface area contributed by atoms with Crippen LogP contribution < -0.4 is 5.43 Å². The Hall–Kier alpha value is -3.55. The smallest absolute Gasteiger partial charge is 0.426 e. The van der Waals surface area contributed by atoms with Crippen molar-refractivity contribution in [3.63, 3.8) is 0 Å². The highest BCUT2D eigenvalue weighted by Gasteiger charge is 2.32. The van der Waals surface area contributed by atoms with Crippen LogP contribution in [0.3, 0.4) is 0 Å². The second kappa shape index (κ2) is 11.7. The van der Waals surface area contributed by atoms with E-state index in [-0.39, 0.29) is 13.0 Å². The predicted molar refractivity (Wildman–Crippen MR) is 120 cm³/mol. The van der Waals surface area contributed by atoms with E-state index in [9.17, 15) is 14.7 Å². The number of carbonyl (C=O) groups excluding carboxylic acids is 2. The van der Waals surface area contributed by atoms with Gasteiger partial charge in [-0.1, -0.05) is 65.8 Å². The van der Waals surface area contributed by atoms with Crippen molar-refractivity contribution >= 4 is 12.0 Å². The van der Waals surface area contributed by atoms with E-state index in [1.54, 1.807) is 45.0 Å². The Morgan fingerprint density at radius 3 is 2.19 bits per heavy atom. The fourth-order valence-electron chi connectivity index (χ4n) is 2.97. The van der Waals surface area contributed by atoms with E-state index in [0.29, 0.717) is 6.42 Å². The number of benzene rings is 2. The number of amides is 2. The summed E-state index contributed by atoms with van der Waals surface area (Å²) < 4.78 is 5.25. The minimum atomic E-state index is -1.41. The van der Waals surface area contributed by atoms with Crippen LogP contribution in [-0.4, -0.2) is 39.9 Å². The summed E-state index contributed by atoms with van der Waals surface area (Å²) in [6.07, 6.45) is -1.38. The summed E-state index contributed by atoms with van der Waals surface area (Å²) in [5.41, 5.74) is 12.3. The van der Waals surface area contributed by atoms with Crippen LogP contribution in [0.4, 0.5) is 4.79 Å². The molecule has 0 saturated carbocycles. The van der Waals surface area contributed by atoms with Gasteiger partial charge in [0, 0.05) is 4.91 Å². The highest BCUT2D eigenvalue weighted by atomic mass is 16.6.